The Balaban J connectivity index is 1.76. The molecular weight excluding hydrogens is 382 g/mol. The molecule has 1 heterocycles. The molecule has 0 N–H and O–H groups in total. The van der Waals surface area contributed by atoms with Gasteiger partial charge in [-0.1, -0.05) is 25.5 Å². The number of unbranched alkanes of at least 4 members (excludes halogenated alkanes) is 1. The first kappa shape index (κ1) is 20.1. The second-order valence-electron chi connectivity index (χ2n) is 6.24. The normalized spacial score (nSPS) is 17.0. The van der Waals surface area contributed by atoms with Gasteiger partial charge in [0.15, 0.2) is 11.0 Å². The number of carbonyl (C=O) groups excluding carboxylic acids is 1. The average molecular weight is 402 g/mol. The number of benzene rings is 2. The molecule has 7 heteroatoms. The lowest BCUT2D eigenvalue weighted by atomic mass is 10.2. The number of hydrogen-bond acceptors (Lipinski definition) is 4. The van der Waals surface area contributed by atoms with Gasteiger partial charge < -0.3 is 4.74 Å². The fraction of sp³-hybridized carbons (Fsp3) is 0.238. The van der Waals surface area contributed by atoms with E-state index in [2.05, 4.69) is 11.9 Å². The lowest BCUT2D eigenvalue weighted by Gasteiger charge is -2.07. The van der Waals surface area contributed by atoms with Gasteiger partial charge in [0.25, 0.3) is 5.91 Å². The van der Waals surface area contributed by atoms with E-state index in [0.29, 0.717) is 16.7 Å². The molecule has 2 aromatic rings. The van der Waals surface area contributed by atoms with Gasteiger partial charge in [-0.3, -0.25) is 9.69 Å². The van der Waals surface area contributed by atoms with Crippen LogP contribution in [0.1, 0.15) is 25.3 Å². The smallest absolute Gasteiger partial charge is 0.266 e. The number of amides is 1. The second-order valence-corrected chi connectivity index (χ2v) is 7.25. The fourth-order valence-corrected chi connectivity index (χ4v) is 3.45. The minimum Gasteiger partial charge on any atom is -0.494 e. The highest BCUT2D eigenvalue weighted by molar-refractivity contribution is 8.18. The van der Waals surface area contributed by atoms with E-state index in [9.17, 15) is 13.6 Å². The van der Waals surface area contributed by atoms with Gasteiger partial charge >= 0.3 is 0 Å². The molecule has 146 valence electrons. The maximum absolute atomic E-state index is 13.8. The molecule has 0 aliphatic carbocycles. The molecule has 1 saturated heterocycles. The summed E-state index contributed by atoms with van der Waals surface area (Å²) in [6.07, 6.45) is 3.83. The highest BCUT2D eigenvalue weighted by Crippen LogP contribution is 2.34. The third-order valence-corrected chi connectivity index (χ3v) is 5.13. The predicted octanol–water partition coefficient (Wildman–Crippen LogP) is 5.38. The van der Waals surface area contributed by atoms with Crippen molar-refractivity contribution in [3.05, 3.63) is 64.6 Å². The fourth-order valence-electron chi connectivity index (χ4n) is 2.47. The Morgan fingerprint density at radius 2 is 1.93 bits per heavy atom. The van der Waals surface area contributed by atoms with Gasteiger partial charge in [0.2, 0.25) is 0 Å². The van der Waals surface area contributed by atoms with E-state index in [0.717, 1.165) is 48.0 Å². The van der Waals surface area contributed by atoms with Crippen LogP contribution in [0.15, 0.2) is 52.4 Å². The van der Waals surface area contributed by atoms with Crippen LogP contribution in [-0.2, 0) is 4.79 Å². The molecule has 1 aliphatic heterocycles. The zero-order valence-corrected chi connectivity index (χ0v) is 16.4. The van der Waals surface area contributed by atoms with Gasteiger partial charge in [-0.2, -0.15) is 0 Å². The molecule has 1 amide bonds. The van der Waals surface area contributed by atoms with Crippen LogP contribution in [0, 0.1) is 11.6 Å². The summed E-state index contributed by atoms with van der Waals surface area (Å²) in [6.45, 7) is 2.78. The minimum atomic E-state index is -0.773. The van der Waals surface area contributed by atoms with Crippen molar-refractivity contribution in [1.82, 2.24) is 4.90 Å². The van der Waals surface area contributed by atoms with Crippen LogP contribution >= 0.6 is 11.8 Å². The molecule has 0 atom stereocenters. The third kappa shape index (κ3) is 4.78. The SMILES string of the molecule is CCCCOc1ccc(/C=C2\SC(=Nc3ccc(F)cc3F)N(C)C2=O)cc1. The van der Waals surface area contributed by atoms with E-state index in [1.807, 2.05) is 24.3 Å². The van der Waals surface area contributed by atoms with Gasteiger partial charge in [-0.05, 0) is 54.1 Å². The molecule has 0 radical (unpaired) electrons. The van der Waals surface area contributed by atoms with Crippen LogP contribution in [0.25, 0.3) is 6.08 Å². The molecule has 1 aliphatic rings. The van der Waals surface area contributed by atoms with Crippen molar-refractivity contribution in [3.8, 4) is 5.75 Å². The molecule has 1 fully saturated rings. The van der Waals surface area contributed by atoms with E-state index >= 15 is 0 Å². The number of aliphatic imine (C=N–C) groups is 1. The first-order chi connectivity index (χ1) is 13.5. The van der Waals surface area contributed by atoms with Crippen LogP contribution in [0.4, 0.5) is 14.5 Å². The number of likely N-dealkylation sites (N-methyl/N-ethyl adjacent to an activating group) is 1. The number of thioether (sulfide) groups is 1. The minimum absolute atomic E-state index is 0.0154. The highest BCUT2D eigenvalue weighted by Gasteiger charge is 2.30. The van der Waals surface area contributed by atoms with Gasteiger partial charge in [-0.15, -0.1) is 0 Å². The first-order valence-corrected chi connectivity index (χ1v) is 9.74. The molecule has 0 aromatic heterocycles. The largest absolute Gasteiger partial charge is 0.494 e. The first-order valence-electron chi connectivity index (χ1n) is 8.92. The van der Waals surface area contributed by atoms with Crippen LogP contribution in [0.3, 0.4) is 0 Å². The third-order valence-electron chi connectivity index (χ3n) is 4.07. The van der Waals surface area contributed by atoms with Crippen LogP contribution in [0.2, 0.25) is 0 Å². The monoisotopic (exact) mass is 402 g/mol. The molecule has 0 saturated carbocycles. The predicted molar refractivity (Wildman–Crippen MR) is 109 cm³/mol. The summed E-state index contributed by atoms with van der Waals surface area (Å²) in [5, 5.41) is 0.335. The van der Waals surface area contributed by atoms with E-state index in [4.69, 9.17) is 4.74 Å². The molecule has 28 heavy (non-hydrogen) atoms. The number of amidine groups is 1. The van der Waals surface area contributed by atoms with Gasteiger partial charge in [0, 0.05) is 13.1 Å². The Hall–Kier alpha value is -2.67. The van der Waals surface area contributed by atoms with Crippen molar-refractivity contribution in [2.24, 2.45) is 4.99 Å². The Morgan fingerprint density at radius 1 is 1.18 bits per heavy atom. The van der Waals surface area contributed by atoms with Crippen molar-refractivity contribution >= 4 is 34.6 Å². The Labute approximate surface area is 166 Å². The Bertz CT molecular complexity index is 927. The standard InChI is InChI=1S/C21H20F2N2O2S/c1-3-4-11-27-16-8-5-14(6-9-16)12-19-20(26)25(2)21(28-19)24-18-10-7-15(22)13-17(18)23/h5-10,12-13H,3-4,11H2,1-2H3/b19-12-,24-21?. The summed E-state index contributed by atoms with van der Waals surface area (Å²) in [5.41, 5.74) is 0.833. The summed E-state index contributed by atoms with van der Waals surface area (Å²) in [7, 11) is 1.57. The molecule has 0 unspecified atom stereocenters. The van der Waals surface area contributed by atoms with Crippen LogP contribution in [0.5, 0.6) is 5.75 Å². The van der Waals surface area contributed by atoms with E-state index in [1.54, 1.807) is 13.1 Å². The van der Waals surface area contributed by atoms with Crippen LogP contribution in [-0.4, -0.2) is 29.6 Å². The lowest BCUT2D eigenvalue weighted by Crippen LogP contribution is -2.23. The second kappa shape index (κ2) is 9.01. The number of carbonyl (C=O) groups is 1. The maximum atomic E-state index is 13.8. The topological polar surface area (TPSA) is 41.9 Å². The van der Waals surface area contributed by atoms with Crippen molar-refractivity contribution in [2.75, 3.05) is 13.7 Å². The molecule has 0 spiro atoms. The number of hydrogen-bond donors (Lipinski definition) is 0. The summed E-state index contributed by atoms with van der Waals surface area (Å²) in [4.78, 5) is 18.5. The molecule has 0 bridgehead atoms. The molecular formula is C21H20F2N2O2S. The zero-order valence-electron chi connectivity index (χ0n) is 15.6. The molecule has 2 aromatic carbocycles. The number of nitrogens with zero attached hydrogens (tertiary/aromatic N) is 2. The number of halogens is 2. The summed E-state index contributed by atoms with van der Waals surface area (Å²) in [6, 6.07) is 10.6. The number of rotatable bonds is 6. The van der Waals surface area contributed by atoms with E-state index in [-0.39, 0.29) is 11.6 Å². The van der Waals surface area contributed by atoms with Crippen molar-refractivity contribution in [1.29, 1.82) is 0 Å². The average Bonchev–Trinajstić information content (AvgIpc) is 2.93. The van der Waals surface area contributed by atoms with Crippen molar-refractivity contribution in [3.63, 3.8) is 0 Å². The van der Waals surface area contributed by atoms with Crippen molar-refractivity contribution < 1.29 is 18.3 Å². The Kier molecular flexibility index (Phi) is 6.46. The van der Waals surface area contributed by atoms with Gasteiger partial charge in [-0.25, -0.2) is 13.8 Å². The molecule has 4 nitrogen and oxygen atoms in total. The summed E-state index contributed by atoms with van der Waals surface area (Å²) < 4.78 is 32.5. The quantitative estimate of drug-likeness (QED) is 0.481. The highest BCUT2D eigenvalue weighted by atomic mass is 32.2. The summed E-state index contributed by atoms with van der Waals surface area (Å²) in [5.74, 6) is -0.889. The van der Waals surface area contributed by atoms with Crippen LogP contribution < -0.4 is 4.74 Å². The lowest BCUT2D eigenvalue weighted by molar-refractivity contribution is -0.121. The van der Waals surface area contributed by atoms with E-state index in [1.165, 1.54) is 11.0 Å². The van der Waals surface area contributed by atoms with E-state index < -0.39 is 11.6 Å². The van der Waals surface area contributed by atoms with Gasteiger partial charge in [0.1, 0.15) is 17.3 Å². The molecule has 3 rings (SSSR count). The zero-order chi connectivity index (χ0) is 20.1. The Morgan fingerprint density at radius 3 is 2.61 bits per heavy atom. The van der Waals surface area contributed by atoms with Crippen molar-refractivity contribution in [2.45, 2.75) is 19.8 Å². The summed E-state index contributed by atoms with van der Waals surface area (Å²) >= 11 is 1.15. The van der Waals surface area contributed by atoms with Gasteiger partial charge in [0.05, 0.1) is 11.5 Å². The maximum Gasteiger partial charge on any atom is 0.266 e. The number of ether oxygens (including phenoxy) is 1.